The van der Waals surface area contributed by atoms with Crippen LogP contribution >= 0.6 is 0 Å². The number of hydrogen-bond acceptors (Lipinski definition) is 4. The van der Waals surface area contributed by atoms with Crippen LogP contribution in [0, 0.1) is 0 Å². The van der Waals surface area contributed by atoms with Gasteiger partial charge in [0.05, 0.1) is 29.4 Å². The molecule has 0 N–H and O–H groups in total. The summed E-state index contributed by atoms with van der Waals surface area (Å²) in [4.78, 5) is 30.8. The maximum atomic E-state index is 12.4. The van der Waals surface area contributed by atoms with Crippen LogP contribution in [0.2, 0.25) is 0 Å². The van der Waals surface area contributed by atoms with Gasteiger partial charge in [0.1, 0.15) is 6.54 Å². The van der Waals surface area contributed by atoms with E-state index >= 15 is 0 Å². The maximum absolute atomic E-state index is 12.4. The average Bonchev–Trinajstić information content (AvgIpc) is 2.49. The van der Waals surface area contributed by atoms with Crippen molar-refractivity contribution >= 4 is 16.8 Å². The number of aromatic nitrogens is 2. The number of rotatable bonds is 2. The van der Waals surface area contributed by atoms with E-state index in [1.807, 2.05) is 19.9 Å². The van der Waals surface area contributed by atoms with Gasteiger partial charge in [-0.15, -0.1) is 0 Å². The molecule has 1 saturated heterocycles. The monoisotopic (exact) mass is 301 g/mol. The van der Waals surface area contributed by atoms with Crippen LogP contribution in [0.4, 0.5) is 0 Å². The fourth-order valence-corrected chi connectivity index (χ4v) is 2.85. The molecule has 22 heavy (non-hydrogen) atoms. The molecule has 2 heterocycles. The third-order valence-corrected chi connectivity index (χ3v) is 3.81. The van der Waals surface area contributed by atoms with Crippen molar-refractivity contribution in [1.82, 2.24) is 14.5 Å². The minimum Gasteiger partial charge on any atom is -0.372 e. The summed E-state index contributed by atoms with van der Waals surface area (Å²) in [5.74, 6) is -0.0822. The first-order valence-corrected chi connectivity index (χ1v) is 7.42. The lowest BCUT2D eigenvalue weighted by atomic mass is 10.2. The molecule has 1 fully saturated rings. The van der Waals surface area contributed by atoms with E-state index in [0.717, 1.165) is 0 Å². The van der Waals surface area contributed by atoms with Crippen molar-refractivity contribution in [3.05, 3.63) is 40.9 Å². The summed E-state index contributed by atoms with van der Waals surface area (Å²) in [6, 6.07) is 7.14. The number of hydrogen-bond donors (Lipinski definition) is 0. The van der Waals surface area contributed by atoms with Crippen LogP contribution in [0.25, 0.3) is 10.9 Å². The van der Waals surface area contributed by atoms with E-state index in [2.05, 4.69) is 4.98 Å². The lowest BCUT2D eigenvalue weighted by Gasteiger charge is -2.35. The number of morpholine rings is 1. The van der Waals surface area contributed by atoms with Gasteiger partial charge in [-0.1, -0.05) is 12.1 Å². The zero-order chi connectivity index (χ0) is 15.7. The van der Waals surface area contributed by atoms with Crippen molar-refractivity contribution in [2.24, 2.45) is 0 Å². The zero-order valence-corrected chi connectivity index (χ0v) is 12.7. The summed E-state index contributed by atoms with van der Waals surface area (Å²) < 4.78 is 6.99. The Morgan fingerprint density at radius 3 is 2.68 bits per heavy atom. The van der Waals surface area contributed by atoms with Gasteiger partial charge in [-0.3, -0.25) is 14.2 Å². The first-order valence-electron chi connectivity index (χ1n) is 7.42. The second kappa shape index (κ2) is 5.88. The molecule has 1 aromatic heterocycles. The average molecular weight is 301 g/mol. The van der Waals surface area contributed by atoms with Crippen LogP contribution in [-0.4, -0.2) is 45.7 Å². The number of carbonyl (C=O) groups excluding carboxylic acids is 1. The van der Waals surface area contributed by atoms with E-state index in [9.17, 15) is 9.59 Å². The smallest absolute Gasteiger partial charge is 0.261 e. The maximum Gasteiger partial charge on any atom is 0.261 e. The molecule has 2 aromatic rings. The van der Waals surface area contributed by atoms with E-state index in [-0.39, 0.29) is 30.2 Å². The molecule has 0 aliphatic carbocycles. The quantitative estimate of drug-likeness (QED) is 0.831. The van der Waals surface area contributed by atoms with Crippen LogP contribution < -0.4 is 5.56 Å². The zero-order valence-electron chi connectivity index (χ0n) is 12.7. The minimum atomic E-state index is -0.187. The molecule has 6 heteroatoms. The highest BCUT2D eigenvalue weighted by molar-refractivity contribution is 5.79. The molecule has 3 rings (SSSR count). The summed E-state index contributed by atoms with van der Waals surface area (Å²) >= 11 is 0. The van der Waals surface area contributed by atoms with Gasteiger partial charge in [-0.25, -0.2) is 4.98 Å². The number of nitrogens with zero attached hydrogens (tertiary/aromatic N) is 3. The normalized spacial score (nSPS) is 22.0. The highest BCUT2D eigenvalue weighted by atomic mass is 16.5. The summed E-state index contributed by atoms with van der Waals surface area (Å²) in [5, 5.41) is 0.529. The Morgan fingerprint density at radius 1 is 1.27 bits per heavy atom. The van der Waals surface area contributed by atoms with Crippen LogP contribution in [0.15, 0.2) is 35.4 Å². The van der Waals surface area contributed by atoms with Crippen molar-refractivity contribution in [3.8, 4) is 0 Å². The molecule has 0 bridgehead atoms. The van der Waals surface area contributed by atoms with E-state index in [4.69, 9.17) is 4.74 Å². The summed E-state index contributed by atoms with van der Waals surface area (Å²) in [6.07, 6.45) is 1.47. The van der Waals surface area contributed by atoms with Gasteiger partial charge >= 0.3 is 0 Å². The molecule has 0 radical (unpaired) electrons. The summed E-state index contributed by atoms with van der Waals surface area (Å²) in [7, 11) is 0. The van der Waals surface area contributed by atoms with Crippen LogP contribution in [0.5, 0.6) is 0 Å². The summed E-state index contributed by atoms with van der Waals surface area (Å²) in [6.45, 7) is 5.01. The Kier molecular flexibility index (Phi) is 3.94. The third kappa shape index (κ3) is 2.87. The molecule has 1 aliphatic heterocycles. The Labute approximate surface area is 128 Å². The van der Waals surface area contributed by atoms with Gasteiger partial charge in [-0.05, 0) is 26.0 Å². The van der Waals surface area contributed by atoms with E-state index < -0.39 is 0 Å². The van der Waals surface area contributed by atoms with Crippen molar-refractivity contribution in [3.63, 3.8) is 0 Å². The molecule has 1 aliphatic rings. The second-order valence-corrected chi connectivity index (χ2v) is 5.75. The third-order valence-electron chi connectivity index (χ3n) is 3.81. The first kappa shape index (κ1) is 14.7. The largest absolute Gasteiger partial charge is 0.372 e. The van der Waals surface area contributed by atoms with Gasteiger partial charge in [0.2, 0.25) is 5.91 Å². The fourth-order valence-electron chi connectivity index (χ4n) is 2.85. The predicted octanol–water partition coefficient (Wildman–Crippen LogP) is 1.03. The number of benzene rings is 1. The van der Waals surface area contributed by atoms with Crippen molar-refractivity contribution in [1.29, 1.82) is 0 Å². The fraction of sp³-hybridized carbons (Fsp3) is 0.438. The van der Waals surface area contributed by atoms with Gasteiger partial charge in [0.25, 0.3) is 5.56 Å². The molecular weight excluding hydrogens is 282 g/mol. The number of ether oxygens (including phenoxy) is 1. The van der Waals surface area contributed by atoms with Gasteiger partial charge in [-0.2, -0.15) is 0 Å². The van der Waals surface area contributed by atoms with E-state index in [0.29, 0.717) is 24.0 Å². The number of amides is 1. The van der Waals surface area contributed by atoms with Crippen LogP contribution in [-0.2, 0) is 16.1 Å². The molecule has 2 atom stereocenters. The molecule has 1 aromatic carbocycles. The van der Waals surface area contributed by atoms with E-state index in [1.165, 1.54) is 10.9 Å². The Hall–Kier alpha value is -2.21. The Balaban J connectivity index is 1.82. The van der Waals surface area contributed by atoms with Crippen molar-refractivity contribution < 1.29 is 9.53 Å². The van der Waals surface area contributed by atoms with Gasteiger partial charge in [0, 0.05) is 13.1 Å². The van der Waals surface area contributed by atoms with Gasteiger partial charge < -0.3 is 9.64 Å². The SMILES string of the molecule is C[C@@H]1CN(C(=O)Cn2cnc3ccccc3c2=O)C[C@H](C)O1. The standard InChI is InChI=1S/C16H19N3O3/c1-11-7-18(8-12(2)22-11)15(20)9-19-10-17-14-6-4-3-5-13(14)16(19)21/h3-6,10-12H,7-9H2,1-2H3/t11-,12+. The first-order chi connectivity index (χ1) is 10.5. The van der Waals surface area contributed by atoms with E-state index in [1.54, 1.807) is 23.1 Å². The minimum absolute atomic E-state index is 0.0100. The Bertz CT molecular complexity index is 746. The van der Waals surface area contributed by atoms with Crippen molar-refractivity contribution in [2.45, 2.75) is 32.6 Å². The van der Waals surface area contributed by atoms with Crippen LogP contribution in [0.1, 0.15) is 13.8 Å². The van der Waals surface area contributed by atoms with Gasteiger partial charge in [0.15, 0.2) is 0 Å². The highest BCUT2D eigenvalue weighted by Crippen LogP contribution is 2.11. The predicted molar refractivity (Wildman–Crippen MR) is 82.6 cm³/mol. The Morgan fingerprint density at radius 2 is 1.95 bits per heavy atom. The second-order valence-electron chi connectivity index (χ2n) is 5.75. The molecule has 6 nitrogen and oxygen atoms in total. The van der Waals surface area contributed by atoms with Crippen molar-refractivity contribution in [2.75, 3.05) is 13.1 Å². The molecule has 0 saturated carbocycles. The summed E-state index contributed by atoms with van der Waals surface area (Å²) in [5.41, 5.74) is 0.457. The number of para-hydroxylation sites is 1. The molecule has 0 unspecified atom stereocenters. The number of carbonyl (C=O) groups is 1. The topological polar surface area (TPSA) is 64.4 Å². The molecular formula is C16H19N3O3. The van der Waals surface area contributed by atoms with Crippen LogP contribution in [0.3, 0.4) is 0 Å². The molecule has 116 valence electrons. The molecule has 0 spiro atoms. The highest BCUT2D eigenvalue weighted by Gasteiger charge is 2.26. The lowest BCUT2D eigenvalue weighted by Crippen LogP contribution is -2.49. The molecule has 1 amide bonds. The lowest BCUT2D eigenvalue weighted by molar-refractivity contribution is -0.143. The number of fused-ring (bicyclic) bond motifs is 1.